The average Bonchev–Trinajstić information content (AvgIpc) is 2.28. The molecule has 0 aromatic heterocycles. The van der Waals surface area contributed by atoms with Crippen molar-refractivity contribution in [2.75, 3.05) is 6.26 Å². The van der Waals surface area contributed by atoms with Gasteiger partial charge in [0.2, 0.25) is 0 Å². The van der Waals surface area contributed by atoms with E-state index in [4.69, 9.17) is 5.84 Å². The van der Waals surface area contributed by atoms with E-state index in [0.717, 1.165) is 24.5 Å². The fourth-order valence-electron chi connectivity index (χ4n) is 1.60. The van der Waals surface area contributed by atoms with Gasteiger partial charge in [-0.1, -0.05) is 0 Å². The molecule has 0 spiro atoms. The summed E-state index contributed by atoms with van der Waals surface area (Å²) in [7, 11) is -3.32. The summed E-state index contributed by atoms with van der Waals surface area (Å²) < 4.78 is 49.3. The molecule has 102 valence electrons. The normalized spacial score (nSPS) is 15.4. The summed E-state index contributed by atoms with van der Waals surface area (Å²) in [5, 5.41) is -0.801. The Morgan fingerprint density at radius 2 is 2.00 bits per heavy atom. The highest BCUT2D eigenvalue weighted by Gasteiger charge is 2.26. The molecule has 0 aliphatic heterocycles. The smallest absolute Gasteiger partial charge is 0.151 e. The third-order valence-electron chi connectivity index (χ3n) is 2.90. The number of hydrazine groups is 1. The van der Waals surface area contributed by atoms with Gasteiger partial charge < -0.3 is 0 Å². The number of rotatable bonds is 5. The molecule has 0 amide bonds. The lowest BCUT2D eigenvalue weighted by atomic mass is 10.0. The van der Waals surface area contributed by atoms with E-state index >= 15 is 0 Å². The van der Waals surface area contributed by atoms with Gasteiger partial charge in [0.25, 0.3) is 0 Å². The van der Waals surface area contributed by atoms with Gasteiger partial charge in [-0.25, -0.2) is 17.2 Å². The molecule has 0 radical (unpaired) electrons. The van der Waals surface area contributed by atoms with Crippen LogP contribution in [-0.2, 0) is 16.3 Å². The molecule has 2 unspecified atom stereocenters. The second-order valence-corrected chi connectivity index (χ2v) is 6.65. The first-order chi connectivity index (χ1) is 8.25. The van der Waals surface area contributed by atoms with E-state index < -0.39 is 32.8 Å². The van der Waals surface area contributed by atoms with E-state index in [0.29, 0.717) is 0 Å². The predicted molar refractivity (Wildman–Crippen MR) is 65.5 cm³/mol. The molecule has 3 N–H and O–H groups in total. The van der Waals surface area contributed by atoms with Crippen LogP contribution in [0.4, 0.5) is 8.78 Å². The third-order valence-corrected chi connectivity index (χ3v) is 4.58. The first-order valence-corrected chi connectivity index (χ1v) is 7.30. The van der Waals surface area contributed by atoms with E-state index in [1.54, 1.807) is 0 Å². The van der Waals surface area contributed by atoms with Gasteiger partial charge in [0.15, 0.2) is 9.84 Å². The standard InChI is InChI=1S/C11H16F2N2O2S/c1-7(18(2,16)17)11(15-14)6-8-5-9(12)3-4-10(8)13/h3-5,7,11,15H,6,14H2,1-2H3. The number of benzene rings is 1. The summed E-state index contributed by atoms with van der Waals surface area (Å²) in [4.78, 5) is 0. The van der Waals surface area contributed by atoms with Crippen molar-refractivity contribution in [2.24, 2.45) is 5.84 Å². The molecule has 0 saturated carbocycles. The maximum absolute atomic E-state index is 13.4. The van der Waals surface area contributed by atoms with Crippen molar-refractivity contribution in [1.82, 2.24) is 5.43 Å². The quantitative estimate of drug-likeness (QED) is 0.616. The number of nitrogens with one attached hydrogen (secondary N) is 1. The van der Waals surface area contributed by atoms with Crippen molar-refractivity contribution in [3.63, 3.8) is 0 Å². The molecule has 1 rings (SSSR count). The topological polar surface area (TPSA) is 72.2 Å². The van der Waals surface area contributed by atoms with Gasteiger partial charge in [-0.3, -0.25) is 11.3 Å². The van der Waals surface area contributed by atoms with Crippen molar-refractivity contribution in [2.45, 2.75) is 24.6 Å². The van der Waals surface area contributed by atoms with Crippen LogP contribution in [0.25, 0.3) is 0 Å². The lowest BCUT2D eigenvalue weighted by molar-refractivity contribution is 0.481. The molecule has 4 nitrogen and oxygen atoms in total. The van der Waals surface area contributed by atoms with Crippen LogP contribution in [-0.4, -0.2) is 26.0 Å². The fourth-order valence-corrected chi connectivity index (χ4v) is 2.37. The molecule has 0 aliphatic rings. The van der Waals surface area contributed by atoms with Crippen LogP contribution in [0.2, 0.25) is 0 Å². The summed E-state index contributed by atoms with van der Waals surface area (Å²) in [6.45, 7) is 1.47. The fraction of sp³-hybridized carbons (Fsp3) is 0.455. The zero-order chi connectivity index (χ0) is 13.9. The maximum Gasteiger partial charge on any atom is 0.151 e. The minimum Gasteiger partial charge on any atom is -0.271 e. The summed E-state index contributed by atoms with van der Waals surface area (Å²) in [5.41, 5.74) is 2.43. The Morgan fingerprint density at radius 3 is 2.50 bits per heavy atom. The summed E-state index contributed by atoms with van der Waals surface area (Å²) in [5.74, 6) is 4.12. The second kappa shape index (κ2) is 5.73. The van der Waals surface area contributed by atoms with Crippen molar-refractivity contribution >= 4 is 9.84 Å². The van der Waals surface area contributed by atoms with Gasteiger partial charge >= 0.3 is 0 Å². The van der Waals surface area contributed by atoms with Gasteiger partial charge in [0.1, 0.15) is 11.6 Å². The van der Waals surface area contributed by atoms with Crippen molar-refractivity contribution in [3.05, 3.63) is 35.4 Å². The lowest BCUT2D eigenvalue weighted by Crippen LogP contribution is -2.47. The Hall–Kier alpha value is -1.05. The summed E-state index contributed by atoms with van der Waals surface area (Å²) in [6, 6.07) is 2.36. The Bertz CT molecular complexity index is 520. The molecule has 1 aromatic rings. The molecule has 0 bridgehead atoms. The molecule has 18 heavy (non-hydrogen) atoms. The van der Waals surface area contributed by atoms with Gasteiger partial charge in [0, 0.05) is 12.3 Å². The maximum atomic E-state index is 13.4. The SMILES string of the molecule is CC(C(Cc1cc(F)ccc1F)NN)S(C)(=O)=O. The predicted octanol–water partition coefficient (Wildman–Crippen LogP) is 0.772. The van der Waals surface area contributed by atoms with E-state index in [1.807, 2.05) is 0 Å². The molecule has 2 atom stereocenters. The molecule has 0 heterocycles. The number of sulfone groups is 1. The zero-order valence-electron chi connectivity index (χ0n) is 10.2. The van der Waals surface area contributed by atoms with Gasteiger partial charge in [0.05, 0.1) is 5.25 Å². The minimum absolute atomic E-state index is 0.00563. The Labute approximate surface area is 105 Å². The average molecular weight is 278 g/mol. The van der Waals surface area contributed by atoms with E-state index in [-0.39, 0.29) is 12.0 Å². The second-order valence-electron chi connectivity index (χ2n) is 4.25. The highest BCUT2D eigenvalue weighted by Crippen LogP contribution is 2.15. The number of halogens is 2. The van der Waals surface area contributed by atoms with Crippen LogP contribution in [0.3, 0.4) is 0 Å². The first kappa shape index (κ1) is 15.0. The number of hydrogen-bond donors (Lipinski definition) is 2. The largest absolute Gasteiger partial charge is 0.271 e. The van der Waals surface area contributed by atoms with E-state index in [2.05, 4.69) is 5.43 Å². The van der Waals surface area contributed by atoms with Crippen LogP contribution in [0, 0.1) is 11.6 Å². The molecule has 0 fully saturated rings. The molecule has 0 saturated heterocycles. The number of nitrogens with two attached hydrogens (primary N) is 1. The molecule has 1 aromatic carbocycles. The third kappa shape index (κ3) is 3.72. The highest BCUT2D eigenvalue weighted by atomic mass is 32.2. The van der Waals surface area contributed by atoms with Gasteiger partial charge in [-0.2, -0.15) is 0 Å². The molecule has 7 heteroatoms. The van der Waals surface area contributed by atoms with E-state index in [9.17, 15) is 17.2 Å². The zero-order valence-corrected chi connectivity index (χ0v) is 11.0. The van der Waals surface area contributed by atoms with Crippen molar-refractivity contribution in [1.29, 1.82) is 0 Å². The lowest BCUT2D eigenvalue weighted by Gasteiger charge is -2.22. The Morgan fingerprint density at radius 1 is 1.39 bits per heavy atom. The minimum atomic E-state index is -3.32. The van der Waals surface area contributed by atoms with Crippen molar-refractivity contribution in [3.8, 4) is 0 Å². The Balaban J connectivity index is 2.96. The Kier molecular flexibility index (Phi) is 4.78. The van der Waals surface area contributed by atoms with Crippen LogP contribution in [0.15, 0.2) is 18.2 Å². The van der Waals surface area contributed by atoms with Gasteiger partial charge in [-0.15, -0.1) is 0 Å². The van der Waals surface area contributed by atoms with Gasteiger partial charge in [-0.05, 0) is 37.1 Å². The molecule has 0 aliphatic carbocycles. The highest BCUT2D eigenvalue weighted by molar-refractivity contribution is 7.91. The van der Waals surface area contributed by atoms with E-state index in [1.165, 1.54) is 6.92 Å². The molecular weight excluding hydrogens is 262 g/mol. The van der Waals surface area contributed by atoms with Crippen molar-refractivity contribution < 1.29 is 17.2 Å². The summed E-state index contributed by atoms with van der Waals surface area (Å²) in [6.07, 6.45) is 1.07. The van der Waals surface area contributed by atoms with Crippen LogP contribution in [0.1, 0.15) is 12.5 Å². The van der Waals surface area contributed by atoms with Crippen LogP contribution in [0.5, 0.6) is 0 Å². The molecular formula is C11H16F2N2O2S. The number of hydrogen-bond acceptors (Lipinski definition) is 4. The van der Waals surface area contributed by atoms with Crippen LogP contribution < -0.4 is 11.3 Å². The summed E-state index contributed by atoms with van der Waals surface area (Å²) >= 11 is 0. The van der Waals surface area contributed by atoms with Crippen LogP contribution >= 0.6 is 0 Å². The monoisotopic (exact) mass is 278 g/mol. The first-order valence-electron chi connectivity index (χ1n) is 5.34.